The molecule has 0 spiro atoms. The van der Waals surface area contributed by atoms with E-state index in [0.29, 0.717) is 17.2 Å². The van der Waals surface area contributed by atoms with Gasteiger partial charge in [-0.3, -0.25) is 4.79 Å². The van der Waals surface area contributed by atoms with Gasteiger partial charge < -0.3 is 19.9 Å². The molecule has 0 radical (unpaired) electrons. The van der Waals surface area contributed by atoms with Crippen molar-refractivity contribution in [2.24, 2.45) is 0 Å². The van der Waals surface area contributed by atoms with Crippen LogP contribution in [0.25, 0.3) is 10.8 Å². The fraction of sp³-hybridized carbons (Fsp3) is 0.207. The Kier molecular flexibility index (Phi) is 8.25. The number of rotatable bonds is 10. The number of carbonyl (C=O) groups is 2. The van der Waals surface area contributed by atoms with Crippen molar-refractivity contribution >= 4 is 39.9 Å². The summed E-state index contributed by atoms with van der Waals surface area (Å²) in [6.45, 7) is 4.23. The van der Waals surface area contributed by atoms with E-state index in [-0.39, 0.29) is 34.7 Å². The highest BCUT2D eigenvalue weighted by Gasteiger charge is 2.14. The van der Waals surface area contributed by atoms with E-state index in [9.17, 15) is 14.7 Å². The lowest BCUT2D eigenvalue weighted by atomic mass is 10.1. The van der Waals surface area contributed by atoms with Crippen molar-refractivity contribution in [3.05, 3.63) is 89.1 Å². The van der Waals surface area contributed by atoms with Gasteiger partial charge in [-0.1, -0.05) is 43.6 Å². The van der Waals surface area contributed by atoms with Gasteiger partial charge in [0.25, 0.3) is 0 Å². The number of hydrogen-bond donors (Lipinski definition) is 2. The van der Waals surface area contributed by atoms with E-state index in [4.69, 9.17) is 21.1 Å². The lowest BCUT2D eigenvalue weighted by molar-refractivity contribution is -0.115. The number of ether oxygens (including phenoxy) is 2. The van der Waals surface area contributed by atoms with E-state index in [1.165, 1.54) is 18.2 Å². The van der Waals surface area contributed by atoms with Crippen LogP contribution in [0.4, 0.5) is 5.69 Å². The molecule has 1 heterocycles. The molecule has 0 aliphatic carbocycles. The molecular weight excluding hydrogens is 492 g/mol. The van der Waals surface area contributed by atoms with Crippen LogP contribution >= 0.6 is 11.6 Å². The number of pyridine rings is 1. The predicted molar refractivity (Wildman–Crippen MR) is 144 cm³/mol. The first kappa shape index (κ1) is 26.0. The van der Waals surface area contributed by atoms with Gasteiger partial charge in [0, 0.05) is 17.3 Å². The summed E-state index contributed by atoms with van der Waals surface area (Å²) in [4.78, 5) is 28.2. The minimum atomic E-state index is -1.18. The van der Waals surface area contributed by atoms with E-state index in [1.54, 1.807) is 18.3 Å². The first-order valence-corrected chi connectivity index (χ1v) is 12.4. The summed E-state index contributed by atoms with van der Waals surface area (Å²) in [5, 5.41) is 14.3. The smallest absolute Gasteiger partial charge is 0.337 e. The summed E-state index contributed by atoms with van der Waals surface area (Å²) in [7, 11) is 0. The summed E-state index contributed by atoms with van der Waals surface area (Å²) in [6.07, 6.45) is 3.71. The second kappa shape index (κ2) is 11.8. The van der Waals surface area contributed by atoms with Crippen LogP contribution in [0.5, 0.6) is 17.4 Å². The van der Waals surface area contributed by atoms with Crippen LogP contribution in [0, 0.1) is 0 Å². The average molecular weight is 519 g/mol. The first-order chi connectivity index (χ1) is 17.8. The fourth-order valence-electron chi connectivity index (χ4n) is 3.87. The largest absolute Gasteiger partial charge is 0.490 e. The van der Waals surface area contributed by atoms with E-state index in [2.05, 4.69) is 24.1 Å². The number of halogens is 1. The molecule has 1 amide bonds. The molecular formula is C29H27ClN2O5. The SMILES string of the molecule is CCC(CC)Oc1ccc2cc(Oc3ccc(CC(=O)Nc4ccc(Cl)cc4C(=O)O)cn3)ccc2c1. The quantitative estimate of drug-likeness (QED) is 0.232. The average Bonchev–Trinajstić information content (AvgIpc) is 2.89. The van der Waals surface area contributed by atoms with Gasteiger partial charge in [-0.2, -0.15) is 0 Å². The lowest BCUT2D eigenvalue weighted by Crippen LogP contribution is -2.17. The Labute approximate surface area is 220 Å². The number of aromatic nitrogens is 1. The number of amides is 1. The van der Waals surface area contributed by atoms with Crippen LogP contribution in [0.15, 0.2) is 72.9 Å². The third-order valence-electron chi connectivity index (χ3n) is 5.87. The molecule has 7 nitrogen and oxygen atoms in total. The number of anilines is 1. The Bertz CT molecular complexity index is 1420. The molecule has 0 aliphatic heterocycles. The molecule has 0 fully saturated rings. The van der Waals surface area contributed by atoms with Gasteiger partial charge in [0.05, 0.1) is 23.8 Å². The Hall–Kier alpha value is -4.10. The van der Waals surface area contributed by atoms with Crippen molar-refractivity contribution in [3.63, 3.8) is 0 Å². The minimum Gasteiger partial charge on any atom is -0.490 e. The zero-order chi connectivity index (χ0) is 26.4. The number of fused-ring (bicyclic) bond motifs is 1. The molecule has 2 N–H and O–H groups in total. The van der Waals surface area contributed by atoms with Crippen molar-refractivity contribution in [2.75, 3.05) is 5.32 Å². The second-order valence-corrected chi connectivity index (χ2v) is 8.99. The summed E-state index contributed by atoms with van der Waals surface area (Å²) in [5.41, 5.74) is 0.757. The van der Waals surface area contributed by atoms with E-state index < -0.39 is 5.97 Å². The number of hydrogen-bond acceptors (Lipinski definition) is 5. The van der Waals surface area contributed by atoms with Crippen LogP contribution in [-0.2, 0) is 11.2 Å². The Morgan fingerprint density at radius 2 is 1.65 bits per heavy atom. The van der Waals surface area contributed by atoms with Gasteiger partial charge in [0.1, 0.15) is 11.5 Å². The Morgan fingerprint density at radius 3 is 2.30 bits per heavy atom. The monoisotopic (exact) mass is 518 g/mol. The number of carbonyl (C=O) groups excluding carboxylic acids is 1. The highest BCUT2D eigenvalue weighted by Crippen LogP contribution is 2.28. The molecule has 1 aromatic heterocycles. The van der Waals surface area contributed by atoms with E-state index in [0.717, 1.165) is 29.4 Å². The predicted octanol–water partition coefficient (Wildman–Crippen LogP) is 7.13. The topological polar surface area (TPSA) is 97.8 Å². The van der Waals surface area contributed by atoms with Gasteiger partial charge >= 0.3 is 5.97 Å². The normalized spacial score (nSPS) is 10.9. The molecule has 3 aromatic carbocycles. The van der Waals surface area contributed by atoms with Gasteiger partial charge in [-0.05, 0) is 71.6 Å². The molecule has 0 bridgehead atoms. The van der Waals surface area contributed by atoms with Gasteiger partial charge in [0.15, 0.2) is 0 Å². The van der Waals surface area contributed by atoms with Crippen LogP contribution < -0.4 is 14.8 Å². The molecule has 0 unspecified atom stereocenters. The summed E-state index contributed by atoms with van der Waals surface area (Å²) >= 11 is 5.86. The Balaban J connectivity index is 1.38. The molecule has 0 saturated heterocycles. The zero-order valence-corrected chi connectivity index (χ0v) is 21.3. The van der Waals surface area contributed by atoms with Crippen molar-refractivity contribution in [3.8, 4) is 17.4 Å². The molecule has 4 aromatic rings. The number of aromatic carboxylic acids is 1. The lowest BCUT2D eigenvalue weighted by Gasteiger charge is -2.16. The maximum atomic E-state index is 12.5. The summed E-state index contributed by atoms with van der Waals surface area (Å²) in [5.74, 6) is 0.338. The molecule has 37 heavy (non-hydrogen) atoms. The summed E-state index contributed by atoms with van der Waals surface area (Å²) in [6, 6.07) is 19.5. The van der Waals surface area contributed by atoms with Crippen molar-refractivity contribution in [2.45, 2.75) is 39.2 Å². The highest BCUT2D eigenvalue weighted by atomic mass is 35.5. The highest BCUT2D eigenvalue weighted by molar-refractivity contribution is 6.31. The Morgan fingerprint density at radius 1 is 0.946 bits per heavy atom. The molecule has 0 aliphatic rings. The van der Waals surface area contributed by atoms with Gasteiger partial charge in [0.2, 0.25) is 11.8 Å². The van der Waals surface area contributed by atoms with E-state index >= 15 is 0 Å². The number of carboxylic acid groups (broad SMARTS) is 1. The summed E-state index contributed by atoms with van der Waals surface area (Å²) < 4.78 is 11.9. The minimum absolute atomic E-state index is 0.0201. The van der Waals surface area contributed by atoms with E-state index in [1.807, 2.05) is 36.4 Å². The number of benzene rings is 3. The van der Waals surface area contributed by atoms with Crippen LogP contribution in [0.2, 0.25) is 5.02 Å². The molecule has 8 heteroatoms. The van der Waals surface area contributed by atoms with Crippen LogP contribution in [0.1, 0.15) is 42.6 Å². The third kappa shape index (κ3) is 6.77. The van der Waals surface area contributed by atoms with Crippen molar-refractivity contribution < 1.29 is 24.2 Å². The molecule has 4 rings (SSSR count). The van der Waals surface area contributed by atoms with Crippen molar-refractivity contribution in [1.29, 1.82) is 0 Å². The van der Waals surface area contributed by atoms with Crippen LogP contribution in [-0.4, -0.2) is 28.1 Å². The van der Waals surface area contributed by atoms with Gasteiger partial charge in [-0.15, -0.1) is 0 Å². The molecule has 190 valence electrons. The second-order valence-electron chi connectivity index (χ2n) is 8.55. The standard InChI is InChI=1S/C29H27ClN2O5/c1-3-22(4-2)36-23-9-6-20-15-24(10-7-19(20)14-23)37-28-12-5-18(17-31-28)13-27(33)32-26-11-8-21(30)16-25(26)29(34)35/h5-12,14-17,22H,3-4,13H2,1-2H3,(H,32,33)(H,34,35). The van der Waals surface area contributed by atoms with Crippen molar-refractivity contribution in [1.82, 2.24) is 4.98 Å². The van der Waals surface area contributed by atoms with Crippen LogP contribution in [0.3, 0.4) is 0 Å². The molecule has 0 atom stereocenters. The zero-order valence-electron chi connectivity index (χ0n) is 20.5. The first-order valence-electron chi connectivity index (χ1n) is 12.0. The number of nitrogens with one attached hydrogen (secondary N) is 1. The third-order valence-corrected chi connectivity index (χ3v) is 6.10. The maximum absolute atomic E-state index is 12.5. The number of carboxylic acids is 1. The fourth-order valence-corrected chi connectivity index (χ4v) is 4.04. The molecule has 0 saturated carbocycles. The maximum Gasteiger partial charge on any atom is 0.337 e. The number of nitrogens with zero attached hydrogens (tertiary/aromatic N) is 1. The van der Waals surface area contributed by atoms with Gasteiger partial charge in [-0.25, -0.2) is 9.78 Å².